The Bertz CT molecular complexity index is 1570. The topological polar surface area (TPSA) is 101 Å². The van der Waals surface area contributed by atoms with E-state index in [1.54, 1.807) is 31.1 Å². The largest absolute Gasteiger partial charge is 0.489 e. The van der Waals surface area contributed by atoms with E-state index in [0.29, 0.717) is 35.5 Å². The van der Waals surface area contributed by atoms with Crippen molar-refractivity contribution < 1.29 is 32.6 Å². The first-order valence-electron chi connectivity index (χ1n) is 14.7. The average Bonchev–Trinajstić information content (AvgIpc) is 3.47. The number of piperidine rings is 1. The third kappa shape index (κ3) is 6.58. The van der Waals surface area contributed by atoms with Crippen molar-refractivity contribution in [2.45, 2.75) is 57.5 Å². The number of carboxylic acids is 1. The lowest BCUT2D eigenvalue weighted by atomic mass is 9.88. The highest BCUT2D eigenvalue weighted by atomic mass is 19.4. The molecule has 234 valence electrons. The van der Waals surface area contributed by atoms with E-state index in [9.17, 15) is 27.9 Å². The van der Waals surface area contributed by atoms with Crippen molar-refractivity contribution in [1.29, 1.82) is 0 Å². The normalized spacial score (nSPS) is 16.3. The van der Waals surface area contributed by atoms with Gasteiger partial charge < -0.3 is 19.6 Å². The summed E-state index contributed by atoms with van der Waals surface area (Å²) in [6, 6.07) is 11.0. The number of nitrogens with zero attached hydrogens (tertiary/aromatic N) is 5. The van der Waals surface area contributed by atoms with E-state index < -0.39 is 23.4 Å². The number of aromatic nitrogens is 3. The lowest BCUT2D eigenvalue weighted by Crippen LogP contribution is -2.43. The molecule has 9 nitrogen and oxygen atoms in total. The van der Waals surface area contributed by atoms with Crippen LogP contribution in [0.5, 0.6) is 5.75 Å². The number of carbonyl (C=O) groups is 2. The van der Waals surface area contributed by atoms with Crippen LogP contribution < -0.4 is 4.74 Å². The molecule has 2 aromatic heterocycles. The molecule has 5 rings (SSSR count). The van der Waals surface area contributed by atoms with Crippen molar-refractivity contribution in [2.75, 3.05) is 33.8 Å². The molecule has 12 heteroatoms. The molecular weight excluding hydrogens is 575 g/mol. The number of ether oxygens (including phenoxy) is 1. The molecule has 1 aromatic carbocycles. The Morgan fingerprint density at radius 1 is 1.09 bits per heavy atom. The van der Waals surface area contributed by atoms with Crippen molar-refractivity contribution in [3.63, 3.8) is 0 Å². The number of aromatic carboxylic acids is 1. The predicted octanol–water partition coefficient (Wildman–Crippen LogP) is 6.56. The molecule has 1 fully saturated rings. The molecule has 0 spiro atoms. The first-order chi connectivity index (χ1) is 20.9. The number of alkyl halides is 3. The van der Waals surface area contributed by atoms with Gasteiger partial charge in [0, 0.05) is 27.2 Å². The lowest BCUT2D eigenvalue weighted by Gasteiger charge is -2.34. The fourth-order valence-electron chi connectivity index (χ4n) is 6.04. The molecule has 0 saturated carbocycles. The fourth-order valence-corrected chi connectivity index (χ4v) is 6.04. The van der Waals surface area contributed by atoms with Gasteiger partial charge in [-0.15, -0.1) is 0 Å². The molecule has 0 atom stereocenters. The zero-order chi connectivity index (χ0) is 31.6. The number of carboxylic acid groups (broad SMARTS) is 1. The highest BCUT2D eigenvalue weighted by molar-refractivity contribution is 5.89. The van der Waals surface area contributed by atoms with Crippen molar-refractivity contribution >= 4 is 17.6 Å². The van der Waals surface area contributed by atoms with E-state index >= 15 is 0 Å². The van der Waals surface area contributed by atoms with Gasteiger partial charge in [-0.25, -0.2) is 19.3 Å². The minimum absolute atomic E-state index is 0.0430. The van der Waals surface area contributed by atoms with Gasteiger partial charge in [0.15, 0.2) is 11.5 Å². The Morgan fingerprint density at radius 3 is 2.48 bits per heavy atom. The smallest absolute Gasteiger partial charge is 0.434 e. The monoisotopic (exact) mass is 611 g/mol. The van der Waals surface area contributed by atoms with Crippen molar-refractivity contribution in [3.05, 3.63) is 76.2 Å². The van der Waals surface area contributed by atoms with Gasteiger partial charge in [-0.1, -0.05) is 18.2 Å². The number of likely N-dealkylation sites (tertiary alicyclic amines) is 1. The summed E-state index contributed by atoms with van der Waals surface area (Å²) in [6.07, 6.45) is 0.936. The Labute approximate surface area is 253 Å². The number of carbonyl (C=O) groups excluding carboxylic acids is 1. The molecule has 1 N–H and O–H groups in total. The van der Waals surface area contributed by atoms with Crippen LogP contribution in [0.3, 0.4) is 0 Å². The third-order valence-electron chi connectivity index (χ3n) is 8.33. The molecule has 0 unspecified atom stereocenters. The minimum atomic E-state index is -4.93. The van der Waals surface area contributed by atoms with Gasteiger partial charge in [-0.05, 0) is 91.8 Å². The molecular formula is C32H36F3N5O4. The zero-order valence-corrected chi connectivity index (χ0v) is 25.0. The van der Waals surface area contributed by atoms with Gasteiger partial charge in [0.2, 0.25) is 0 Å². The van der Waals surface area contributed by atoms with E-state index in [1.807, 2.05) is 17.9 Å². The number of allylic oxidation sites excluding steroid dienone is 1. The van der Waals surface area contributed by atoms with Gasteiger partial charge in [0.1, 0.15) is 17.9 Å². The first kappa shape index (κ1) is 31.1. The zero-order valence-electron chi connectivity index (χ0n) is 25.0. The summed E-state index contributed by atoms with van der Waals surface area (Å²) in [6.45, 7) is 3.79. The molecule has 1 saturated heterocycles. The van der Waals surface area contributed by atoms with Crippen LogP contribution in [0.15, 0.2) is 48.2 Å². The van der Waals surface area contributed by atoms with Crippen LogP contribution in [0.25, 0.3) is 11.4 Å². The van der Waals surface area contributed by atoms with E-state index in [-0.39, 0.29) is 11.8 Å². The van der Waals surface area contributed by atoms with Crippen LogP contribution in [-0.2, 0) is 6.18 Å². The number of rotatable bonds is 7. The summed E-state index contributed by atoms with van der Waals surface area (Å²) in [7, 11) is 3.53. The standard InChI is InChI=1S/C32H36F3N5O4/c1-20-17-22(21-13-15-39(16-14-21)31(43)38(2)3)11-12-27(20)44-19-23-7-4-5-8-24(23)26-9-6-10-28(37-26)40-29(32(33,34)35)25(18-36-40)30(41)42/h6,9-12,17-18,21H,4-5,7-8,13-16,19H2,1-3H3,(H,41,42). The molecule has 3 aromatic rings. The van der Waals surface area contributed by atoms with Crippen molar-refractivity contribution in [1.82, 2.24) is 24.6 Å². The Morgan fingerprint density at radius 2 is 1.82 bits per heavy atom. The van der Waals surface area contributed by atoms with Crippen LogP contribution in [0.4, 0.5) is 18.0 Å². The van der Waals surface area contributed by atoms with E-state index in [4.69, 9.17) is 4.74 Å². The molecule has 0 bridgehead atoms. The van der Waals surface area contributed by atoms with E-state index in [2.05, 4.69) is 22.2 Å². The van der Waals surface area contributed by atoms with Crippen LogP contribution in [0, 0.1) is 6.92 Å². The SMILES string of the molecule is Cc1cc(C2CCN(C(=O)N(C)C)CC2)ccc1OCC1=C(c2cccc(-n3ncc(C(=O)O)c3C(F)(F)F)n2)CCCC1. The first-order valence-corrected chi connectivity index (χ1v) is 14.7. The van der Waals surface area contributed by atoms with Gasteiger partial charge in [0.05, 0.1) is 11.9 Å². The summed E-state index contributed by atoms with van der Waals surface area (Å²) in [5.41, 5.74) is 2.42. The molecule has 0 radical (unpaired) electrons. The number of benzene rings is 1. The number of halogens is 3. The molecule has 1 aliphatic carbocycles. The highest BCUT2D eigenvalue weighted by Crippen LogP contribution is 2.36. The number of hydrogen-bond donors (Lipinski definition) is 1. The van der Waals surface area contributed by atoms with Gasteiger partial charge in [-0.3, -0.25) is 0 Å². The molecule has 44 heavy (non-hydrogen) atoms. The number of aryl methyl sites for hydroxylation is 1. The summed E-state index contributed by atoms with van der Waals surface area (Å²) < 4.78 is 48.2. The van der Waals surface area contributed by atoms with E-state index in [0.717, 1.165) is 67.7 Å². The maximum Gasteiger partial charge on any atom is 0.434 e. The minimum Gasteiger partial charge on any atom is -0.489 e. The maximum atomic E-state index is 13.8. The van der Waals surface area contributed by atoms with Crippen molar-refractivity contribution in [3.8, 4) is 11.6 Å². The Balaban J connectivity index is 1.33. The molecule has 2 amide bonds. The second-order valence-corrected chi connectivity index (χ2v) is 11.5. The Kier molecular flexibility index (Phi) is 8.98. The number of hydrogen-bond acceptors (Lipinski definition) is 5. The number of urea groups is 1. The summed E-state index contributed by atoms with van der Waals surface area (Å²) >= 11 is 0. The van der Waals surface area contributed by atoms with Crippen LogP contribution in [0.1, 0.15) is 77.3 Å². The molecule has 2 aliphatic rings. The predicted molar refractivity (Wildman–Crippen MR) is 158 cm³/mol. The Hall–Kier alpha value is -4.35. The van der Waals surface area contributed by atoms with Crippen LogP contribution >= 0.6 is 0 Å². The summed E-state index contributed by atoms with van der Waals surface area (Å²) in [4.78, 5) is 31.7. The van der Waals surface area contributed by atoms with Crippen LogP contribution in [0.2, 0.25) is 0 Å². The maximum absolute atomic E-state index is 13.8. The molecule has 3 heterocycles. The van der Waals surface area contributed by atoms with Gasteiger partial charge in [-0.2, -0.15) is 18.3 Å². The lowest BCUT2D eigenvalue weighted by molar-refractivity contribution is -0.143. The third-order valence-corrected chi connectivity index (χ3v) is 8.33. The average molecular weight is 612 g/mol. The number of amides is 2. The molecule has 1 aliphatic heterocycles. The van der Waals surface area contributed by atoms with E-state index in [1.165, 1.54) is 11.6 Å². The highest BCUT2D eigenvalue weighted by Gasteiger charge is 2.41. The van der Waals surface area contributed by atoms with Gasteiger partial charge in [0.25, 0.3) is 0 Å². The summed E-state index contributed by atoms with van der Waals surface area (Å²) in [5.74, 6) is -0.678. The van der Waals surface area contributed by atoms with Crippen molar-refractivity contribution in [2.24, 2.45) is 0 Å². The van der Waals surface area contributed by atoms with Crippen LogP contribution in [-0.4, -0.2) is 75.5 Å². The second-order valence-electron chi connectivity index (χ2n) is 11.5. The quantitative estimate of drug-likeness (QED) is 0.325. The summed E-state index contributed by atoms with van der Waals surface area (Å²) in [5, 5.41) is 13.0. The number of pyridine rings is 1. The van der Waals surface area contributed by atoms with Gasteiger partial charge >= 0.3 is 18.2 Å². The second kappa shape index (κ2) is 12.7. The fraction of sp³-hybridized carbons (Fsp3) is 0.438.